The summed E-state index contributed by atoms with van der Waals surface area (Å²) < 4.78 is 10.7. The van der Waals surface area contributed by atoms with Crippen LogP contribution in [0, 0.1) is 5.92 Å². The fourth-order valence-corrected chi connectivity index (χ4v) is 3.37. The highest BCUT2D eigenvalue weighted by Gasteiger charge is 2.41. The summed E-state index contributed by atoms with van der Waals surface area (Å²) >= 11 is 0. The van der Waals surface area contributed by atoms with Crippen molar-refractivity contribution in [3.63, 3.8) is 0 Å². The van der Waals surface area contributed by atoms with Crippen LogP contribution in [-0.4, -0.2) is 47.4 Å². The van der Waals surface area contributed by atoms with Crippen LogP contribution in [0.25, 0.3) is 0 Å². The number of imide groups is 1. The number of hydrogen-bond acceptors (Lipinski definition) is 5. The van der Waals surface area contributed by atoms with Crippen molar-refractivity contribution in [2.45, 2.75) is 38.5 Å². The summed E-state index contributed by atoms with van der Waals surface area (Å²) in [6.07, 6.45) is -0.702. The van der Waals surface area contributed by atoms with E-state index in [1.165, 1.54) is 0 Å². The first-order chi connectivity index (χ1) is 14.1. The second kappa shape index (κ2) is 10.2. The maximum Gasteiger partial charge on any atom is 0.416 e. The zero-order valence-corrected chi connectivity index (χ0v) is 16.6. The summed E-state index contributed by atoms with van der Waals surface area (Å²) in [7, 11) is 0. The molecule has 0 unspecified atom stereocenters. The molecule has 29 heavy (non-hydrogen) atoms. The van der Waals surface area contributed by atoms with Crippen LogP contribution in [0.15, 0.2) is 60.7 Å². The average molecular weight is 397 g/mol. The van der Waals surface area contributed by atoms with Gasteiger partial charge in [-0.1, -0.05) is 67.6 Å². The lowest BCUT2D eigenvalue weighted by Crippen LogP contribution is -2.45. The summed E-state index contributed by atoms with van der Waals surface area (Å²) in [5.41, 5.74) is 2.07. The number of cyclic esters (lactones) is 1. The minimum atomic E-state index is -0.899. The van der Waals surface area contributed by atoms with Gasteiger partial charge in [-0.05, 0) is 24.0 Å². The number of carbonyl (C=O) groups is 2. The van der Waals surface area contributed by atoms with Crippen molar-refractivity contribution in [2.75, 3.05) is 13.2 Å². The minimum absolute atomic E-state index is 0.169. The topological polar surface area (TPSA) is 76.1 Å². The molecule has 154 valence electrons. The van der Waals surface area contributed by atoms with Crippen LogP contribution in [0.5, 0.6) is 0 Å². The van der Waals surface area contributed by atoms with Gasteiger partial charge in [-0.3, -0.25) is 4.79 Å². The Bertz CT molecular complexity index is 795. The minimum Gasteiger partial charge on any atom is -0.447 e. The molecule has 3 atom stereocenters. The smallest absolute Gasteiger partial charge is 0.416 e. The van der Waals surface area contributed by atoms with Gasteiger partial charge in [-0.2, -0.15) is 0 Å². The van der Waals surface area contributed by atoms with Crippen LogP contribution in [0.4, 0.5) is 4.79 Å². The third-order valence-electron chi connectivity index (χ3n) is 5.15. The van der Waals surface area contributed by atoms with E-state index >= 15 is 0 Å². The number of ether oxygens (including phenoxy) is 2. The van der Waals surface area contributed by atoms with E-state index < -0.39 is 24.0 Å². The van der Waals surface area contributed by atoms with Gasteiger partial charge >= 0.3 is 6.09 Å². The highest BCUT2D eigenvalue weighted by Crippen LogP contribution is 2.22. The molecule has 1 N–H and O–H groups in total. The van der Waals surface area contributed by atoms with Crippen LogP contribution in [0.1, 0.15) is 24.5 Å². The second-order valence-electron chi connectivity index (χ2n) is 7.31. The fraction of sp³-hybridized carbons (Fsp3) is 0.391. The number of rotatable bonds is 9. The highest BCUT2D eigenvalue weighted by molar-refractivity contribution is 5.94. The van der Waals surface area contributed by atoms with Crippen molar-refractivity contribution in [2.24, 2.45) is 5.92 Å². The predicted octanol–water partition coefficient (Wildman–Crippen LogP) is 3.18. The van der Waals surface area contributed by atoms with Crippen LogP contribution < -0.4 is 0 Å². The number of aliphatic hydroxyl groups excluding tert-OH is 1. The molecule has 1 aliphatic heterocycles. The molecular formula is C23H27NO5. The molecule has 0 bridgehead atoms. The third-order valence-corrected chi connectivity index (χ3v) is 5.15. The Morgan fingerprint density at radius 1 is 1.14 bits per heavy atom. The Morgan fingerprint density at radius 3 is 2.41 bits per heavy atom. The predicted molar refractivity (Wildman–Crippen MR) is 108 cm³/mol. The first kappa shape index (κ1) is 21.0. The molecule has 3 rings (SSSR count). The van der Waals surface area contributed by atoms with Crippen molar-refractivity contribution in [3.05, 3.63) is 71.8 Å². The number of hydrogen-bond donors (Lipinski definition) is 1. The molecule has 1 saturated heterocycles. The van der Waals surface area contributed by atoms with E-state index in [9.17, 15) is 14.7 Å². The van der Waals surface area contributed by atoms with Gasteiger partial charge in [0.05, 0.1) is 24.7 Å². The van der Waals surface area contributed by atoms with Crippen molar-refractivity contribution < 1.29 is 24.2 Å². The van der Waals surface area contributed by atoms with Gasteiger partial charge in [0.1, 0.15) is 6.61 Å². The van der Waals surface area contributed by atoms with E-state index in [4.69, 9.17) is 9.47 Å². The van der Waals surface area contributed by atoms with Crippen LogP contribution in [-0.2, 0) is 27.3 Å². The lowest BCUT2D eigenvalue weighted by molar-refractivity contribution is -0.136. The number of benzene rings is 2. The number of amides is 2. The number of aliphatic hydroxyl groups is 1. The molecule has 0 radical (unpaired) electrons. The van der Waals surface area contributed by atoms with E-state index in [0.717, 1.165) is 16.0 Å². The Hall–Kier alpha value is -2.70. The van der Waals surface area contributed by atoms with E-state index in [0.29, 0.717) is 26.1 Å². The molecule has 1 fully saturated rings. The molecule has 0 aromatic heterocycles. The van der Waals surface area contributed by atoms with Crippen molar-refractivity contribution in [3.8, 4) is 0 Å². The standard InChI is InChI=1S/C23H27NO5/c1-17(21(25)12-13-28-15-19-10-6-3-7-11-19)22(26)24-20(16-29-23(24)27)14-18-8-4-2-5-9-18/h2-11,17,20-21,25H,12-16H2,1H3/t17-,20-,21+/m1/s1. The van der Waals surface area contributed by atoms with Crippen molar-refractivity contribution in [1.82, 2.24) is 4.90 Å². The van der Waals surface area contributed by atoms with Crippen LogP contribution in [0.3, 0.4) is 0 Å². The summed E-state index contributed by atoms with van der Waals surface area (Å²) in [6, 6.07) is 19.0. The van der Waals surface area contributed by atoms with Gasteiger partial charge in [0, 0.05) is 6.61 Å². The first-order valence-corrected chi connectivity index (χ1v) is 9.89. The Kier molecular flexibility index (Phi) is 7.38. The second-order valence-corrected chi connectivity index (χ2v) is 7.31. The molecule has 1 heterocycles. The average Bonchev–Trinajstić information content (AvgIpc) is 3.11. The summed E-state index contributed by atoms with van der Waals surface area (Å²) in [6.45, 7) is 2.58. The molecule has 6 heteroatoms. The largest absolute Gasteiger partial charge is 0.447 e. The van der Waals surface area contributed by atoms with Crippen LogP contribution in [0.2, 0.25) is 0 Å². The zero-order chi connectivity index (χ0) is 20.6. The van der Waals surface area contributed by atoms with E-state index in [-0.39, 0.29) is 12.6 Å². The Morgan fingerprint density at radius 2 is 1.76 bits per heavy atom. The van der Waals surface area contributed by atoms with Crippen molar-refractivity contribution >= 4 is 12.0 Å². The van der Waals surface area contributed by atoms with E-state index in [1.54, 1.807) is 6.92 Å². The quantitative estimate of drug-likeness (QED) is 0.658. The first-order valence-electron chi connectivity index (χ1n) is 9.89. The Balaban J connectivity index is 1.51. The van der Waals surface area contributed by atoms with E-state index in [2.05, 4.69) is 0 Å². The molecule has 6 nitrogen and oxygen atoms in total. The number of nitrogens with zero attached hydrogens (tertiary/aromatic N) is 1. The zero-order valence-electron chi connectivity index (χ0n) is 16.6. The maximum absolute atomic E-state index is 12.9. The maximum atomic E-state index is 12.9. The summed E-state index contributed by atoms with van der Waals surface area (Å²) in [5.74, 6) is -1.14. The normalized spacial score (nSPS) is 18.3. The molecule has 1 aliphatic rings. The lowest BCUT2D eigenvalue weighted by atomic mass is 9.99. The molecule has 2 aromatic rings. The van der Waals surface area contributed by atoms with E-state index in [1.807, 2.05) is 60.7 Å². The molecule has 0 aliphatic carbocycles. The Labute approximate surface area is 171 Å². The summed E-state index contributed by atoms with van der Waals surface area (Å²) in [4.78, 5) is 26.2. The van der Waals surface area contributed by atoms with Gasteiger partial charge in [0.15, 0.2) is 0 Å². The van der Waals surface area contributed by atoms with Crippen LogP contribution >= 0.6 is 0 Å². The molecule has 2 amide bonds. The molecule has 0 saturated carbocycles. The SMILES string of the molecule is C[C@@H](C(=O)N1C(=O)OC[C@H]1Cc1ccccc1)[C@@H](O)CCOCc1ccccc1. The lowest BCUT2D eigenvalue weighted by Gasteiger charge is -2.25. The van der Waals surface area contributed by atoms with Gasteiger partial charge in [0.25, 0.3) is 0 Å². The molecule has 0 spiro atoms. The summed E-state index contributed by atoms with van der Waals surface area (Å²) in [5, 5.41) is 10.4. The van der Waals surface area contributed by atoms with Gasteiger partial charge in [-0.15, -0.1) is 0 Å². The van der Waals surface area contributed by atoms with Gasteiger partial charge < -0.3 is 14.6 Å². The molecular weight excluding hydrogens is 370 g/mol. The third kappa shape index (κ3) is 5.65. The monoisotopic (exact) mass is 397 g/mol. The van der Waals surface area contributed by atoms with Gasteiger partial charge in [-0.25, -0.2) is 9.69 Å². The number of carbonyl (C=O) groups excluding carboxylic acids is 2. The fourth-order valence-electron chi connectivity index (χ4n) is 3.37. The highest BCUT2D eigenvalue weighted by atomic mass is 16.6. The van der Waals surface area contributed by atoms with Crippen molar-refractivity contribution in [1.29, 1.82) is 0 Å². The van der Waals surface area contributed by atoms with Gasteiger partial charge in [0.2, 0.25) is 5.91 Å². The molecule has 2 aromatic carbocycles.